The molecule has 6 fully saturated rings. The molecule has 4 bridgehead atoms. The van der Waals surface area contributed by atoms with E-state index in [4.69, 9.17) is 9.47 Å². The molecule has 2 amide bonds. The summed E-state index contributed by atoms with van der Waals surface area (Å²) in [6.45, 7) is 1.90. The zero-order valence-corrected chi connectivity index (χ0v) is 24.4. The van der Waals surface area contributed by atoms with Crippen LogP contribution in [0.3, 0.4) is 0 Å². The summed E-state index contributed by atoms with van der Waals surface area (Å²) in [7, 11) is 0. The van der Waals surface area contributed by atoms with Crippen LogP contribution in [0.15, 0.2) is 48.5 Å². The number of ether oxygens (including phenoxy) is 2. The normalized spacial score (nSPS) is 35.8. The molecule has 6 aliphatic rings. The number of urea groups is 1. The molecule has 2 heterocycles. The average molecular weight is 576 g/mol. The van der Waals surface area contributed by atoms with Crippen molar-refractivity contribution >= 4 is 11.7 Å². The molecule has 0 aromatic heterocycles. The average Bonchev–Trinajstić information content (AvgIpc) is 3.43. The number of aliphatic hydroxyl groups excluding tert-OH is 2. The molecule has 0 radical (unpaired) electrons. The number of likely N-dealkylation sites (tertiary alicyclic amines) is 1. The highest BCUT2D eigenvalue weighted by molar-refractivity contribution is 5.89. The summed E-state index contributed by atoms with van der Waals surface area (Å²) in [5, 5.41) is 25.8. The summed E-state index contributed by atoms with van der Waals surface area (Å²) < 4.78 is 13.0. The van der Waals surface area contributed by atoms with E-state index in [-0.39, 0.29) is 43.0 Å². The van der Waals surface area contributed by atoms with Crippen molar-refractivity contribution < 1.29 is 24.5 Å². The van der Waals surface area contributed by atoms with Gasteiger partial charge in [-0.3, -0.25) is 4.90 Å². The lowest BCUT2D eigenvalue weighted by atomic mass is 9.53. The van der Waals surface area contributed by atoms with E-state index in [1.165, 1.54) is 19.3 Å². The first kappa shape index (κ1) is 28.3. The van der Waals surface area contributed by atoms with Crippen LogP contribution in [0, 0.1) is 17.8 Å². The quantitative estimate of drug-likeness (QED) is 0.342. The summed E-state index contributed by atoms with van der Waals surface area (Å²) in [4.78, 5) is 15.4. The topological polar surface area (TPSA) is 103 Å². The third-order valence-electron chi connectivity index (χ3n) is 10.6. The van der Waals surface area contributed by atoms with E-state index >= 15 is 0 Å². The summed E-state index contributed by atoms with van der Waals surface area (Å²) in [5.41, 5.74) is 3.57. The number of hydrogen-bond donors (Lipinski definition) is 4. The van der Waals surface area contributed by atoms with Gasteiger partial charge in [0.25, 0.3) is 0 Å². The third-order valence-corrected chi connectivity index (χ3v) is 10.6. The second-order valence-electron chi connectivity index (χ2n) is 13.7. The number of benzene rings is 2. The minimum absolute atomic E-state index is 0.0125. The van der Waals surface area contributed by atoms with Crippen LogP contribution in [0.4, 0.5) is 10.5 Å². The molecule has 226 valence electrons. The number of carbonyl (C=O) groups excluding carboxylic acids is 1. The van der Waals surface area contributed by atoms with Gasteiger partial charge in [0.05, 0.1) is 25.4 Å². The largest absolute Gasteiger partial charge is 0.395 e. The van der Waals surface area contributed by atoms with Gasteiger partial charge in [0.2, 0.25) is 0 Å². The van der Waals surface area contributed by atoms with Crippen molar-refractivity contribution in [3.8, 4) is 0 Å². The monoisotopic (exact) mass is 575 g/mol. The van der Waals surface area contributed by atoms with Crippen molar-refractivity contribution in [2.45, 2.75) is 94.5 Å². The van der Waals surface area contributed by atoms with Gasteiger partial charge < -0.3 is 30.3 Å². The molecule has 4 N–H and O–H groups in total. The first-order valence-electron chi connectivity index (χ1n) is 16.0. The highest BCUT2D eigenvalue weighted by atomic mass is 16.7. The molecule has 8 nitrogen and oxygen atoms in total. The van der Waals surface area contributed by atoms with Crippen molar-refractivity contribution in [3.05, 3.63) is 65.2 Å². The van der Waals surface area contributed by atoms with Crippen molar-refractivity contribution in [1.82, 2.24) is 10.2 Å². The van der Waals surface area contributed by atoms with E-state index in [0.717, 1.165) is 85.3 Å². The van der Waals surface area contributed by atoms with Crippen LogP contribution >= 0.6 is 0 Å². The molecule has 42 heavy (non-hydrogen) atoms. The van der Waals surface area contributed by atoms with Crippen LogP contribution < -0.4 is 10.6 Å². The number of anilines is 1. The van der Waals surface area contributed by atoms with E-state index in [2.05, 4.69) is 15.5 Å². The van der Waals surface area contributed by atoms with Gasteiger partial charge in [-0.2, -0.15) is 0 Å². The number of carbonyl (C=O) groups is 1. The maximum absolute atomic E-state index is 13.1. The fraction of sp³-hybridized carbons (Fsp3) is 0.618. The summed E-state index contributed by atoms with van der Waals surface area (Å²) in [6, 6.07) is 15.8. The van der Waals surface area contributed by atoms with Crippen LogP contribution in [0.5, 0.6) is 0 Å². The van der Waals surface area contributed by atoms with Crippen molar-refractivity contribution in [3.63, 3.8) is 0 Å². The van der Waals surface area contributed by atoms with E-state index in [0.29, 0.717) is 6.42 Å². The highest BCUT2D eigenvalue weighted by Crippen LogP contribution is 2.55. The molecule has 2 aromatic carbocycles. The van der Waals surface area contributed by atoms with E-state index in [1.807, 2.05) is 48.5 Å². The number of nitrogens with zero attached hydrogens (tertiary/aromatic N) is 1. The Kier molecular flexibility index (Phi) is 8.01. The predicted octanol–water partition coefficient (Wildman–Crippen LogP) is 5.27. The van der Waals surface area contributed by atoms with Crippen molar-refractivity contribution in [2.75, 3.05) is 25.0 Å². The molecule has 2 saturated heterocycles. The van der Waals surface area contributed by atoms with Crippen molar-refractivity contribution in [1.29, 1.82) is 0 Å². The van der Waals surface area contributed by atoms with Crippen LogP contribution in [-0.2, 0) is 16.1 Å². The summed E-state index contributed by atoms with van der Waals surface area (Å²) in [6.07, 6.45) is 9.51. The fourth-order valence-corrected chi connectivity index (χ4v) is 9.03. The first-order valence-corrected chi connectivity index (χ1v) is 16.0. The standard InChI is InChI=1S/C34H45N3O5/c38-20-22-3-5-26(6-4-22)31-15-30(19-37-11-1-2-29(37)21-39)41-32(42-31)27-7-9-28(10-8-27)35-33(40)36-34-16-23-12-24(17-34)14-25(13-23)18-34/h3-10,23-25,29-32,38-39H,1-2,11-21H2,(H2,35,36,40)/t23?,24?,25?,29-,30+,31-,32-,34?/m0/s1. The van der Waals surface area contributed by atoms with Gasteiger partial charge in [0, 0.05) is 35.8 Å². The lowest BCUT2D eigenvalue weighted by Gasteiger charge is -2.56. The number of aliphatic hydroxyl groups is 2. The van der Waals surface area contributed by atoms with Crippen LogP contribution in [0.1, 0.15) is 86.9 Å². The van der Waals surface area contributed by atoms with Gasteiger partial charge in [-0.25, -0.2) is 4.79 Å². The second kappa shape index (κ2) is 11.9. The zero-order chi connectivity index (χ0) is 28.7. The molecule has 8 heteroatoms. The first-order chi connectivity index (χ1) is 20.5. The van der Waals surface area contributed by atoms with Gasteiger partial charge in [0.1, 0.15) is 0 Å². The molecular formula is C34H45N3O5. The molecule has 4 saturated carbocycles. The summed E-state index contributed by atoms with van der Waals surface area (Å²) in [5.74, 6) is 2.35. The number of rotatable bonds is 8. The van der Waals surface area contributed by atoms with Gasteiger partial charge >= 0.3 is 6.03 Å². The number of nitrogens with one attached hydrogen (secondary N) is 2. The highest BCUT2D eigenvalue weighted by Gasteiger charge is 2.51. The Morgan fingerprint density at radius 1 is 0.881 bits per heavy atom. The summed E-state index contributed by atoms with van der Waals surface area (Å²) >= 11 is 0. The second-order valence-corrected chi connectivity index (χ2v) is 13.7. The molecular weight excluding hydrogens is 530 g/mol. The molecule has 0 unspecified atom stereocenters. The van der Waals surface area contributed by atoms with Gasteiger partial charge in [-0.15, -0.1) is 0 Å². The minimum Gasteiger partial charge on any atom is -0.395 e. The molecule has 2 aromatic rings. The maximum atomic E-state index is 13.1. The van der Waals surface area contributed by atoms with Crippen LogP contribution in [0.25, 0.3) is 0 Å². The van der Waals surface area contributed by atoms with Crippen LogP contribution in [0.2, 0.25) is 0 Å². The number of hydrogen-bond acceptors (Lipinski definition) is 6. The zero-order valence-electron chi connectivity index (χ0n) is 24.4. The van der Waals surface area contributed by atoms with E-state index in [9.17, 15) is 15.0 Å². The lowest BCUT2D eigenvalue weighted by Crippen LogP contribution is -2.60. The molecule has 8 rings (SSSR count). The Labute approximate surface area is 248 Å². The Balaban J connectivity index is 1.02. The molecule has 0 spiro atoms. The smallest absolute Gasteiger partial charge is 0.319 e. The fourth-order valence-electron chi connectivity index (χ4n) is 9.03. The Hall–Kier alpha value is -2.49. The minimum atomic E-state index is -0.545. The Morgan fingerprint density at radius 3 is 2.19 bits per heavy atom. The Morgan fingerprint density at radius 2 is 1.55 bits per heavy atom. The van der Waals surface area contributed by atoms with Gasteiger partial charge in [0.15, 0.2) is 6.29 Å². The van der Waals surface area contributed by atoms with Gasteiger partial charge in [-0.1, -0.05) is 36.4 Å². The maximum Gasteiger partial charge on any atom is 0.319 e. The van der Waals surface area contributed by atoms with Crippen molar-refractivity contribution in [2.24, 2.45) is 17.8 Å². The van der Waals surface area contributed by atoms with E-state index < -0.39 is 6.29 Å². The van der Waals surface area contributed by atoms with E-state index in [1.54, 1.807) is 0 Å². The molecule has 2 aliphatic heterocycles. The van der Waals surface area contributed by atoms with Crippen LogP contribution in [-0.4, -0.2) is 58.5 Å². The lowest BCUT2D eigenvalue weighted by molar-refractivity contribution is -0.253. The molecule has 4 atom stereocenters. The number of amides is 2. The molecule has 4 aliphatic carbocycles. The predicted molar refractivity (Wildman–Crippen MR) is 160 cm³/mol. The SMILES string of the molecule is O=C(Nc1ccc([C@H]2O[C@@H](CN3CCC[C@H]3CO)C[C@@H](c3ccc(CO)cc3)O2)cc1)NC12CC3CC(CC(C3)C1)C2. The Bertz CT molecular complexity index is 1200. The third kappa shape index (κ3) is 5.97. The van der Waals surface area contributed by atoms with Gasteiger partial charge in [-0.05, 0) is 98.9 Å².